The second-order valence-corrected chi connectivity index (χ2v) is 7.49. The third-order valence-electron chi connectivity index (χ3n) is 4.13. The third kappa shape index (κ3) is 4.14. The largest absolute Gasteiger partial charge is 0.378 e. The summed E-state index contributed by atoms with van der Waals surface area (Å²) in [4.78, 5) is 0. The van der Waals surface area contributed by atoms with E-state index in [0.29, 0.717) is 25.6 Å². The molecule has 1 aliphatic heterocycles. The first kappa shape index (κ1) is 16.2. The number of hydrogen-bond donors (Lipinski definition) is 2. The van der Waals surface area contributed by atoms with Gasteiger partial charge in [-0.05, 0) is 52.1 Å². The van der Waals surface area contributed by atoms with E-state index >= 15 is 0 Å². The number of rotatable bonds is 7. The van der Waals surface area contributed by atoms with Crippen LogP contribution in [-0.2, 0) is 14.9 Å². The van der Waals surface area contributed by atoms with E-state index in [1.807, 2.05) is 14.0 Å². The average molecular weight is 305 g/mol. The van der Waals surface area contributed by atoms with Crippen LogP contribution in [0.2, 0.25) is 0 Å². The molecule has 1 saturated carbocycles. The first-order chi connectivity index (χ1) is 9.55. The van der Waals surface area contributed by atoms with Gasteiger partial charge in [0.05, 0.1) is 6.10 Å². The quantitative estimate of drug-likeness (QED) is 0.711. The lowest BCUT2D eigenvalue weighted by molar-refractivity contribution is -0.00515. The Kier molecular flexibility index (Phi) is 5.80. The molecule has 0 aromatic rings. The second kappa shape index (κ2) is 7.17. The molecule has 2 N–H and O–H groups in total. The maximum Gasteiger partial charge on any atom is 0.279 e. The molecule has 0 spiro atoms. The van der Waals surface area contributed by atoms with E-state index in [4.69, 9.17) is 4.74 Å². The van der Waals surface area contributed by atoms with Gasteiger partial charge in [-0.1, -0.05) is 0 Å². The highest BCUT2D eigenvalue weighted by Gasteiger charge is 2.36. The zero-order chi connectivity index (χ0) is 14.6. The minimum Gasteiger partial charge on any atom is -0.378 e. The summed E-state index contributed by atoms with van der Waals surface area (Å²) in [6, 6.07) is 0.0428. The monoisotopic (exact) mass is 305 g/mol. The van der Waals surface area contributed by atoms with E-state index in [1.165, 1.54) is 0 Å². The van der Waals surface area contributed by atoms with Crippen molar-refractivity contribution in [2.75, 3.05) is 33.3 Å². The molecule has 1 unspecified atom stereocenters. The Balaban J connectivity index is 1.81. The van der Waals surface area contributed by atoms with Gasteiger partial charge < -0.3 is 10.1 Å². The van der Waals surface area contributed by atoms with Crippen LogP contribution in [0.4, 0.5) is 0 Å². The maximum atomic E-state index is 12.4. The van der Waals surface area contributed by atoms with Crippen LogP contribution < -0.4 is 10.0 Å². The zero-order valence-corrected chi connectivity index (χ0v) is 13.3. The molecule has 0 aromatic heterocycles. The molecule has 0 radical (unpaired) electrons. The molecule has 2 aliphatic rings. The van der Waals surface area contributed by atoms with Crippen molar-refractivity contribution < 1.29 is 13.2 Å². The first-order valence-electron chi connectivity index (χ1n) is 7.58. The molecular formula is C13H27N3O3S. The first-order valence-corrected chi connectivity index (χ1v) is 9.02. The summed E-state index contributed by atoms with van der Waals surface area (Å²) in [6.45, 7) is 4.80. The highest BCUT2D eigenvalue weighted by Crippen LogP contribution is 2.25. The Morgan fingerprint density at radius 3 is 2.75 bits per heavy atom. The van der Waals surface area contributed by atoms with E-state index in [1.54, 1.807) is 4.31 Å². The average Bonchev–Trinajstić information content (AvgIpc) is 2.37. The van der Waals surface area contributed by atoms with Gasteiger partial charge in [-0.3, -0.25) is 0 Å². The summed E-state index contributed by atoms with van der Waals surface area (Å²) in [5, 5.41) is 3.13. The minimum absolute atomic E-state index is 0.0428. The second-order valence-electron chi connectivity index (χ2n) is 5.79. The summed E-state index contributed by atoms with van der Waals surface area (Å²) >= 11 is 0. The van der Waals surface area contributed by atoms with Gasteiger partial charge in [0.1, 0.15) is 0 Å². The molecule has 0 aromatic carbocycles. The zero-order valence-electron chi connectivity index (χ0n) is 12.5. The Bertz CT molecular complexity index is 394. The standard InChI is InChI=1S/C13H27N3O3S/c1-3-19-13-7-12(8-13)15-20(17,18)16-6-4-5-11(10-16)9-14-2/h11-15H,3-10H2,1-2H3. The molecule has 118 valence electrons. The van der Waals surface area contributed by atoms with Crippen LogP contribution in [0.1, 0.15) is 32.6 Å². The molecule has 0 bridgehead atoms. The summed E-state index contributed by atoms with van der Waals surface area (Å²) in [7, 11) is -1.42. The number of ether oxygens (including phenoxy) is 1. The number of hydrogen-bond acceptors (Lipinski definition) is 4. The van der Waals surface area contributed by atoms with Crippen molar-refractivity contribution in [2.45, 2.75) is 44.8 Å². The van der Waals surface area contributed by atoms with Gasteiger partial charge in [-0.15, -0.1) is 0 Å². The van der Waals surface area contributed by atoms with Crippen molar-refractivity contribution in [2.24, 2.45) is 5.92 Å². The van der Waals surface area contributed by atoms with Crippen LogP contribution in [0.3, 0.4) is 0 Å². The van der Waals surface area contributed by atoms with Gasteiger partial charge in [0.2, 0.25) is 0 Å². The fourth-order valence-electron chi connectivity index (χ4n) is 3.02. The van der Waals surface area contributed by atoms with Crippen LogP contribution in [0.15, 0.2) is 0 Å². The summed E-state index contributed by atoms with van der Waals surface area (Å²) in [6.07, 6.45) is 3.86. The Labute approximate surface area is 122 Å². The van der Waals surface area contributed by atoms with Gasteiger partial charge >= 0.3 is 0 Å². The van der Waals surface area contributed by atoms with Crippen LogP contribution in [0.5, 0.6) is 0 Å². The van der Waals surface area contributed by atoms with Gasteiger partial charge in [0, 0.05) is 25.7 Å². The third-order valence-corrected chi connectivity index (χ3v) is 5.77. The lowest BCUT2D eigenvalue weighted by atomic mass is 9.90. The highest BCUT2D eigenvalue weighted by molar-refractivity contribution is 7.87. The van der Waals surface area contributed by atoms with E-state index < -0.39 is 10.2 Å². The van der Waals surface area contributed by atoms with Gasteiger partial charge in [0.15, 0.2) is 0 Å². The number of nitrogens with one attached hydrogen (secondary N) is 2. The van der Waals surface area contributed by atoms with Gasteiger partial charge in [-0.2, -0.15) is 17.4 Å². The molecule has 6 nitrogen and oxygen atoms in total. The topological polar surface area (TPSA) is 70.7 Å². The molecule has 1 heterocycles. The smallest absolute Gasteiger partial charge is 0.279 e. The van der Waals surface area contributed by atoms with E-state index in [-0.39, 0.29) is 12.1 Å². The number of nitrogens with zero attached hydrogens (tertiary/aromatic N) is 1. The molecule has 2 fully saturated rings. The van der Waals surface area contributed by atoms with Crippen molar-refractivity contribution in [1.29, 1.82) is 0 Å². The molecule has 7 heteroatoms. The molecule has 1 atom stereocenters. The molecule has 2 rings (SSSR count). The molecule has 1 saturated heterocycles. The van der Waals surface area contributed by atoms with Crippen molar-refractivity contribution in [1.82, 2.24) is 14.3 Å². The predicted molar refractivity (Wildman–Crippen MR) is 78.7 cm³/mol. The molecule has 1 aliphatic carbocycles. The summed E-state index contributed by atoms with van der Waals surface area (Å²) in [5.41, 5.74) is 0. The van der Waals surface area contributed by atoms with Crippen LogP contribution in [-0.4, -0.2) is 58.2 Å². The number of piperidine rings is 1. The molecular weight excluding hydrogens is 278 g/mol. The van der Waals surface area contributed by atoms with E-state index in [2.05, 4.69) is 10.0 Å². The normalized spacial score (nSPS) is 32.0. The minimum atomic E-state index is -3.33. The Hall–Kier alpha value is -0.210. The fourth-order valence-corrected chi connectivity index (χ4v) is 4.56. The van der Waals surface area contributed by atoms with Crippen molar-refractivity contribution >= 4 is 10.2 Å². The molecule has 20 heavy (non-hydrogen) atoms. The summed E-state index contributed by atoms with van der Waals surface area (Å²) < 4.78 is 34.6. The Morgan fingerprint density at radius 1 is 1.35 bits per heavy atom. The van der Waals surface area contributed by atoms with E-state index in [9.17, 15) is 8.42 Å². The van der Waals surface area contributed by atoms with Crippen LogP contribution >= 0.6 is 0 Å². The lowest BCUT2D eigenvalue weighted by Gasteiger charge is -2.38. The lowest BCUT2D eigenvalue weighted by Crippen LogP contribution is -2.54. The Morgan fingerprint density at radius 2 is 2.10 bits per heavy atom. The fraction of sp³-hybridized carbons (Fsp3) is 1.00. The molecule has 0 amide bonds. The van der Waals surface area contributed by atoms with Crippen LogP contribution in [0.25, 0.3) is 0 Å². The summed E-state index contributed by atoms with van der Waals surface area (Å²) in [5.74, 6) is 0.419. The maximum absolute atomic E-state index is 12.4. The predicted octanol–water partition coefficient (Wildman–Crippen LogP) is 0.320. The van der Waals surface area contributed by atoms with Gasteiger partial charge in [0.25, 0.3) is 10.2 Å². The SMILES string of the molecule is CCOC1CC(NS(=O)(=O)N2CCCC(CNC)C2)C1. The van der Waals surface area contributed by atoms with Gasteiger partial charge in [-0.25, -0.2) is 0 Å². The van der Waals surface area contributed by atoms with Crippen molar-refractivity contribution in [3.05, 3.63) is 0 Å². The van der Waals surface area contributed by atoms with Crippen LogP contribution in [0, 0.1) is 5.92 Å². The van der Waals surface area contributed by atoms with E-state index in [0.717, 1.165) is 32.2 Å². The van der Waals surface area contributed by atoms with Crippen molar-refractivity contribution in [3.8, 4) is 0 Å². The highest BCUT2D eigenvalue weighted by atomic mass is 32.2. The van der Waals surface area contributed by atoms with Crippen molar-refractivity contribution in [3.63, 3.8) is 0 Å².